The normalized spacial score (nSPS) is 28.8. The molecule has 1 aliphatic carbocycles. The molecule has 3 atom stereocenters. The zero-order chi connectivity index (χ0) is 13.2. The van der Waals surface area contributed by atoms with Gasteiger partial charge in [0.2, 0.25) is 0 Å². The molecule has 2 heteroatoms. The lowest BCUT2D eigenvalue weighted by atomic mass is 9.78. The fraction of sp³-hybridized carbons (Fsp3) is 0.647. The largest absolute Gasteiger partial charge is 0.389 e. The minimum Gasteiger partial charge on any atom is -0.389 e. The van der Waals surface area contributed by atoms with E-state index in [-0.39, 0.29) is 6.10 Å². The Kier molecular flexibility index (Phi) is 3.79. The molecule has 19 heavy (non-hydrogen) atoms. The lowest BCUT2D eigenvalue weighted by Gasteiger charge is -2.46. The Morgan fingerprint density at radius 2 is 1.84 bits per heavy atom. The number of aliphatic hydroxyl groups is 1. The second-order valence-electron chi connectivity index (χ2n) is 6.18. The van der Waals surface area contributed by atoms with Gasteiger partial charge in [0.05, 0.1) is 6.10 Å². The van der Waals surface area contributed by atoms with Crippen LogP contribution in [-0.2, 0) is 0 Å². The highest BCUT2D eigenvalue weighted by Gasteiger charge is 2.34. The minimum atomic E-state index is -0.375. The zero-order valence-corrected chi connectivity index (χ0v) is 11.9. The first-order valence-corrected chi connectivity index (χ1v) is 7.81. The van der Waals surface area contributed by atoms with Crippen LogP contribution < -0.4 is 4.90 Å². The third kappa shape index (κ3) is 2.51. The van der Waals surface area contributed by atoms with Crippen LogP contribution >= 0.6 is 0 Å². The Morgan fingerprint density at radius 3 is 2.68 bits per heavy atom. The Balaban J connectivity index is 1.91. The van der Waals surface area contributed by atoms with Gasteiger partial charge in [-0.05, 0) is 44.6 Å². The van der Waals surface area contributed by atoms with Gasteiger partial charge in [-0.1, -0.05) is 31.0 Å². The highest BCUT2D eigenvalue weighted by atomic mass is 16.3. The van der Waals surface area contributed by atoms with Crippen LogP contribution in [0.1, 0.15) is 57.1 Å². The van der Waals surface area contributed by atoms with Crippen LogP contribution in [0.25, 0.3) is 0 Å². The Bertz CT molecular complexity index is 427. The fourth-order valence-corrected chi connectivity index (χ4v) is 4.03. The molecule has 2 nitrogen and oxygen atoms in total. The van der Waals surface area contributed by atoms with E-state index in [2.05, 4.69) is 23.1 Å². The standard InChI is InChI=1S/C17H25NO/c1-13(19)15-9-3-5-11-17(15)18-12-6-8-14-7-2-4-10-16(14)18/h3,5,9,11,13-14,16,19H,2,4,6-8,10,12H2,1H3/t13-,14?,16?/m1/s1. The van der Waals surface area contributed by atoms with Crippen LogP contribution in [0.3, 0.4) is 0 Å². The summed E-state index contributed by atoms with van der Waals surface area (Å²) in [6, 6.07) is 9.12. The molecule has 1 aromatic rings. The van der Waals surface area contributed by atoms with Crippen molar-refractivity contribution < 1.29 is 5.11 Å². The predicted molar refractivity (Wildman–Crippen MR) is 79.4 cm³/mol. The molecule has 2 aliphatic rings. The van der Waals surface area contributed by atoms with Gasteiger partial charge in [0.15, 0.2) is 0 Å². The lowest BCUT2D eigenvalue weighted by Crippen LogP contribution is -2.47. The number of para-hydroxylation sites is 1. The van der Waals surface area contributed by atoms with Gasteiger partial charge in [-0.15, -0.1) is 0 Å². The SMILES string of the molecule is C[C@@H](O)c1ccccc1N1CCCC2CCCCC21. The lowest BCUT2D eigenvalue weighted by molar-refractivity contribution is 0.197. The number of hydrogen-bond donors (Lipinski definition) is 1. The van der Waals surface area contributed by atoms with Crippen molar-refractivity contribution in [3.8, 4) is 0 Å². The molecule has 1 heterocycles. The summed E-state index contributed by atoms with van der Waals surface area (Å²) in [6.45, 7) is 3.03. The maximum atomic E-state index is 10.0. The van der Waals surface area contributed by atoms with E-state index in [0.29, 0.717) is 6.04 Å². The quantitative estimate of drug-likeness (QED) is 0.870. The maximum absolute atomic E-state index is 10.0. The molecule has 1 aromatic carbocycles. The van der Waals surface area contributed by atoms with E-state index >= 15 is 0 Å². The smallest absolute Gasteiger partial charge is 0.0781 e. The third-order valence-corrected chi connectivity index (χ3v) is 4.94. The first kappa shape index (κ1) is 13.0. The van der Waals surface area contributed by atoms with Crippen molar-refractivity contribution in [2.75, 3.05) is 11.4 Å². The molecule has 1 aliphatic heterocycles. The van der Waals surface area contributed by atoms with E-state index in [0.717, 1.165) is 18.0 Å². The van der Waals surface area contributed by atoms with Crippen molar-refractivity contribution in [3.05, 3.63) is 29.8 Å². The molecule has 0 radical (unpaired) electrons. The van der Waals surface area contributed by atoms with Crippen LogP contribution in [0.2, 0.25) is 0 Å². The number of piperidine rings is 1. The minimum absolute atomic E-state index is 0.375. The molecular weight excluding hydrogens is 234 g/mol. The topological polar surface area (TPSA) is 23.5 Å². The number of anilines is 1. The van der Waals surface area contributed by atoms with E-state index in [1.54, 1.807) is 0 Å². The Morgan fingerprint density at radius 1 is 1.11 bits per heavy atom. The molecule has 1 N–H and O–H groups in total. The van der Waals surface area contributed by atoms with Crippen molar-refractivity contribution in [2.45, 2.75) is 57.6 Å². The first-order chi connectivity index (χ1) is 9.27. The van der Waals surface area contributed by atoms with Gasteiger partial charge in [0.25, 0.3) is 0 Å². The third-order valence-electron chi connectivity index (χ3n) is 4.94. The number of benzene rings is 1. The van der Waals surface area contributed by atoms with Crippen molar-refractivity contribution in [1.29, 1.82) is 0 Å². The first-order valence-electron chi connectivity index (χ1n) is 7.81. The van der Waals surface area contributed by atoms with Crippen LogP contribution in [0.5, 0.6) is 0 Å². The van der Waals surface area contributed by atoms with E-state index < -0.39 is 0 Å². The highest BCUT2D eigenvalue weighted by Crippen LogP contribution is 2.39. The van der Waals surface area contributed by atoms with Crippen molar-refractivity contribution in [1.82, 2.24) is 0 Å². The molecule has 1 saturated carbocycles. The average Bonchev–Trinajstić information content (AvgIpc) is 2.46. The molecule has 0 aromatic heterocycles. The summed E-state index contributed by atoms with van der Waals surface area (Å²) >= 11 is 0. The molecule has 1 saturated heterocycles. The highest BCUT2D eigenvalue weighted by molar-refractivity contribution is 5.55. The molecule has 3 rings (SSSR count). The van der Waals surface area contributed by atoms with Gasteiger partial charge in [-0.25, -0.2) is 0 Å². The van der Waals surface area contributed by atoms with Crippen LogP contribution in [-0.4, -0.2) is 17.7 Å². The summed E-state index contributed by atoms with van der Waals surface area (Å²) in [7, 11) is 0. The Hall–Kier alpha value is -1.02. The van der Waals surface area contributed by atoms with E-state index in [1.807, 2.05) is 13.0 Å². The van der Waals surface area contributed by atoms with Gasteiger partial charge in [0.1, 0.15) is 0 Å². The second-order valence-corrected chi connectivity index (χ2v) is 6.18. The number of fused-ring (bicyclic) bond motifs is 1. The zero-order valence-electron chi connectivity index (χ0n) is 11.9. The second kappa shape index (κ2) is 5.54. The summed E-state index contributed by atoms with van der Waals surface area (Å²) in [4.78, 5) is 2.59. The van der Waals surface area contributed by atoms with Crippen LogP contribution in [0.15, 0.2) is 24.3 Å². The van der Waals surface area contributed by atoms with Gasteiger partial charge in [-0.3, -0.25) is 0 Å². The molecule has 0 amide bonds. The molecular formula is C17H25NO. The summed E-state index contributed by atoms with van der Waals surface area (Å²) < 4.78 is 0. The number of hydrogen-bond acceptors (Lipinski definition) is 2. The predicted octanol–water partition coefficient (Wildman–Crippen LogP) is 3.90. The fourth-order valence-electron chi connectivity index (χ4n) is 4.03. The summed E-state index contributed by atoms with van der Waals surface area (Å²) in [6.07, 6.45) is 7.84. The van der Waals surface area contributed by atoms with Gasteiger partial charge in [-0.2, -0.15) is 0 Å². The maximum Gasteiger partial charge on any atom is 0.0781 e. The molecule has 104 valence electrons. The van der Waals surface area contributed by atoms with Gasteiger partial charge >= 0.3 is 0 Å². The summed E-state index contributed by atoms with van der Waals surface area (Å²) in [5.41, 5.74) is 2.36. The van der Waals surface area contributed by atoms with E-state index in [9.17, 15) is 5.11 Å². The molecule has 2 unspecified atom stereocenters. The van der Waals surface area contributed by atoms with Gasteiger partial charge < -0.3 is 10.0 Å². The Labute approximate surface area is 116 Å². The number of rotatable bonds is 2. The molecule has 0 spiro atoms. The summed E-state index contributed by atoms with van der Waals surface area (Å²) in [5.74, 6) is 0.879. The van der Waals surface area contributed by atoms with E-state index in [1.165, 1.54) is 44.2 Å². The average molecular weight is 259 g/mol. The summed E-state index contributed by atoms with van der Waals surface area (Å²) in [5, 5.41) is 10.0. The monoisotopic (exact) mass is 259 g/mol. The number of aliphatic hydroxyl groups excluding tert-OH is 1. The van der Waals surface area contributed by atoms with Crippen LogP contribution in [0.4, 0.5) is 5.69 Å². The van der Waals surface area contributed by atoms with E-state index in [4.69, 9.17) is 0 Å². The van der Waals surface area contributed by atoms with Crippen molar-refractivity contribution >= 4 is 5.69 Å². The van der Waals surface area contributed by atoms with Crippen molar-refractivity contribution in [2.24, 2.45) is 5.92 Å². The molecule has 2 fully saturated rings. The van der Waals surface area contributed by atoms with Crippen LogP contribution in [0, 0.1) is 5.92 Å². The van der Waals surface area contributed by atoms with Crippen molar-refractivity contribution in [3.63, 3.8) is 0 Å². The van der Waals surface area contributed by atoms with Gasteiger partial charge in [0, 0.05) is 23.8 Å². The number of nitrogens with zero attached hydrogens (tertiary/aromatic N) is 1. The molecule has 0 bridgehead atoms.